The minimum Gasteiger partial charge on any atom is -0.550 e. The fraction of sp³-hybridized carbons (Fsp3) is 0.429. The van der Waals surface area contributed by atoms with Crippen molar-refractivity contribution in [3.05, 3.63) is 17.7 Å². The quantitative estimate of drug-likeness (QED) is 0.717. The molecule has 0 fully saturated rings. The lowest BCUT2D eigenvalue weighted by atomic mass is 10.1. The maximum atomic E-state index is 11.5. The molecule has 0 aromatic heterocycles. The molecule has 116 valence electrons. The highest BCUT2D eigenvalue weighted by molar-refractivity contribution is 5.80. The van der Waals surface area contributed by atoms with Gasteiger partial charge in [-0.1, -0.05) is 0 Å². The number of carboxylic acid groups (broad SMARTS) is 1. The van der Waals surface area contributed by atoms with Crippen molar-refractivity contribution in [1.82, 2.24) is 5.32 Å². The summed E-state index contributed by atoms with van der Waals surface area (Å²) in [7, 11) is 4.50. The predicted octanol–water partition coefficient (Wildman–Crippen LogP) is -0.141. The molecule has 1 aromatic rings. The molecule has 0 heterocycles. The van der Waals surface area contributed by atoms with E-state index in [1.807, 2.05) is 0 Å². The number of carbonyl (C=O) groups excluding carboxylic acids is 2. The lowest BCUT2D eigenvalue weighted by molar-refractivity contribution is -0.305. The Morgan fingerprint density at radius 2 is 1.62 bits per heavy atom. The third-order valence-electron chi connectivity index (χ3n) is 2.77. The fourth-order valence-electron chi connectivity index (χ4n) is 1.74. The highest BCUT2D eigenvalue weighted by atomic mass is 16.5. The lowest BCUT2D eigenvalue weighted by Gasteiger charge is -2.14. The van der Waals surface area contributed by atoms with Crippen LogP contribution in [-0.4, -0.2) is 33.2 Å². The monoisotopic (exact) mass is 296 g/mol. The van der Waals surface area contributed by atoms with Crippen molar-refractivity contribution < 1.29 is 28.9 Å². The van der Waals surface area contributed by atoms with E-state index >= 15 is 0 Å². The van der Waals surface area contributed by atoms with Crippen LogP contribution in [-0.2, 0) is 16.1 Å². The molecule has 0 aliphatic heterocycles. The van der Waals surface area contributed by atoms with Crippen LogP contribution in [0.3, 0.4) is 0 Å². The van der Waals surface area contributed by atoms with Crippen LogP contribution in [0.4, 0.5) is 0 Å². The van der Waals surface area contributed by atoms with Crippen molar-refractivity contribution in [3.63, 3.8) is 0 Å². The van der Waals surface area contributed by atoms with Gasteiger partial charge in [-0.15, -0.1) is 0 Å². The van der Waals surface area contributed by atoms with Crippen molar-refractivity contribution >= 4 is 11.9 Å². The Morgan fingerprint density at radius 1 is 1.05 bits per heavy atom. The molecule has 0 spiro atoms. The van der Waals surface area contributed by atoms with E-state index in [0.717, 1.165) is 5.56 Å². The van der Waals surface area contributed by atoms with Crippen LogP contribution in [0.1, 0.15) is 18.4 Å². The second kappa shape index (κ2) is 7.98. The van der Waals surface area contributed by atoms with E-state index in [9.17, 15) is 14.7 Å². The number of carboxylic acids is 1. The summed E-state index contributed by atoms with van der Waals surface area (Å²) in [4.78, 5) is 21.7. The van der Waals surface area contributed by atoms with Crippen molar-refractivity contribution in [2.75, 3.05) is 21.3 Å². The molecule has 0 atom stereocenters. The first kappa shape index (κ1) is 16.6. The minimum absolute atomic E-state index is 0.118. The van der Waals surface area contributed by atoms with E-state index in [2.05, 4.69) is 5.32 Å². The standard InChI is InChI=1S/C14H19NO6/c1-19-10-6-9(7-11(20-2)14(10)21-3)8-15-12(16)4-5-13(17)18/h6-7H,4-5,8H2,1-3H3,(H,15,16)(H,17,18)/p-1. The molecule has 1 aromatic carbocycles. The van der Waals surface area contributed by atoms with Crippen molar-refractivity contribution in [2.24, 2.45) is 0 Å². The van der Waals surface area contributed by atoms with Gasteiger partial charge in [0.05, 0.1) is 21.3 Å². The van der Waals surface area contributed by atoms with Crippen LogP contribution in [0.5, 0.6) is 17.2 Å². The average Bonchev–Trinajstić information content (AvgIpc) is 2.49. The number of hydrogen-bond donors (Lipinski definition) is 1. The molecule has 1 rings (SSSR count). The van der Waals surface area contributed by atoms with Crippen LogP contribution >= 0.6 is 0 Å². The van der Waals surface area contributed by atoms with E-state index < -0.39 is 5.97 Å². The normalized spacial score (nSPS) is 9.86. The first-order valence-electron chi connectivity index (χ1n) is 6.27. The Kier molecular flexibility index (Phi) is 6.32. The zero-order valence-corrected chi connectivity index (χ0v) is 12.2. The maximum absolute atomic E-state index is 11.5. The van der Waals surface area contributed by atoms with E-state index in [4.69, 9.17) is 14.2 Å². The smallest absolute Gasteiger partial charge is 0.220 e. The average molecular weight is 296 g/mol. The molecule has 7 heteroatoms. The second-order valence-electron chi connectivity index (χ2n) is 4.18. The Balaban J connectivity index is 2.75. The van der Waals surface area contributed by atoms with Crippen LogP contribution in [0.15, 0.2) is 12.1 Å². The van der Waals surface area contributed by atoms with Crippen molar-refractivity contribution in [2.45, 2.75) is 19.4 Å². The van der Waals surface area contributed by atoms with Gasteiger partial charge in [0, 0.05) is 18.9 Å². The number of rotatable bonds is 8. The van der Waals surface area contributed by atoms with Crippen LogP contribution < -0.4 is 24.6 Å². The third kappa shape index (κ3) is 4.87. The Morgan fingerprint density at radius 3 is 2.05 bits per heavy atom. The van der Waals surface area contributed by atoms with E-state index in [1.54, 1.807) is 12.1 Å². The predicted molar refractivity (Wildman–Crippen MR) is 72.2 cm³/mol. The van der Waals surface area contributed by atoms with Gasteiger partial charge >= 0.3 is 0 Å². The van der Waals surface area contributed by atoms with Gasteiger partial charge < -0.3 is 29.4 Å². The zero-order chi connectivity index (χ0) is 15.8. The highest BCUT2D eigenvalue weighted by Crippen LogP contribution is 2.38. The van der Waals surface area contributed by atoms with Gasteiger partial charge in [0.1, 0.15) is 0 Å². The van der Waals surface area contributed by atoms with Gasteiger partial charge in [0.25, 0.3) is 0 Å². The van der Waals surface area contributed by atoms with Crippen molar-refractivity contribution in [1.29, 1.82) is 0 Å². The fourth-order valence-corrected chi connectivity index (χ4v) is 1.74. The SMILES string of the molecule is COc1cc(CNC(=O)CCC(=O)[O-])cc(OC)c1OC. The third-order valence-corrected chi connectivity index (χ3v) is 2.77. The summed E-state index contributed by atoms with van der Waals surface area (Å²) in [5.74, 6) is -0.190. The molecular weight excluding hydrogens is 278 g/mol. The van der Waals surface area contributed by atoms with Gasteiger partial charge in [-0.2, -0.15) is 0 Å². The summed E-state index contributed by atoms with van der Waals surface area (Å²) in [6.45, 7) is 0.225. The molecule has 7 nitrogen and oxygen atoms in total. The molecule has 0 saturated heterocycles. The van der Waals surface area contributed by atoms with Crippen molar-refractivity contribution in [3.8, 4) is 17.2 Å². The lowest BCUT2D eigenvalue weighted by Crippen LogP contribution is -2.27. The minimum atomic E-state index is -1.25. The highest BCUT2D eigenvalue weighted by Gasteiger charge is 2.13. The van der Waals surface area contributed by atoms with Crippen LogP contribution in [0.2, 0.25) is 0 Å². The first-order valence-corrected chi connectivity index (χ1v) is 6.27. The summed E-state index contributed by atoms with van der Waals surface area (Å²) in [6, 6.07) is 3.42. The van der Waals surface area contributed by atoms with Crippen LogP contribution in [0.25, 0.3) is 0 Å². The maximum Gasteiger partial charge on any atom is 0.220 e. The molecule has 0 bridgehead atoms. The number of nitrogens with one attached hydrogen (secondary N) is 1. The molecule has 0 radical (unpaired) electrons. The summed E-state index contributed by atoms with van der Waals surface area (Å²) in [5, 5.41) is 12.9. The van der Waals surface area contributed by atoms with Gasteiger partial charge in [-0.05, 0) is 24.1 Å². The Hall–Kier alpha value is -2.44. The van der Waals surface area contributed by atoms with Gasteiger partial charge in [0.2, 0.25) is 11.7 Å². The molecule has 1 amide bonds. The number of carbonyl (C=O) groups is 2. The summed E-state index contributed by atoms with van der Waals surface area (Å²) >= 11 is 0. The number of methoxy groups -OCH3 is 3. The molecule has 0 unspecified atom stereocenters. The molecule has 21 heavy (non-hydrogen) atoms. The van der Waals surface area contributed by atoms with Gasteiger partial charge in [0.15, 0.2) is 11.5 Å². The van der Waals surface area contributed by atoms with E-state index in [0.29, 0.717) is 17.2 Å². The zero-order valence-electron chi connectivity index (χ0n) is 12.2. The summed E-state index contributed by atoms with van der Waals surface area (Å²) < 4.78 is 15.6. The number of benzene rings is 1. The number of aliphatic carboxylic acids is 1. The second-order valence-corrected chi connectivity index (χ2v) is 4.18. The number of ether oxygens (including phenoxy) is 3. The molecule has 0 aliphatic rings. The largest absolute Gasteiger partial charge is 0.550 e. The summed E-state index contributed by atoms with van der Waals surface area (Å²) in [6.07, 6.45) is -0.423. The molecular formula is C14H18NO6-. The molecule has 1 N–H and O–H groups in total. The Labute approximate surface area is 122 Å². The molecule has 0 aliphatic carbocycles. The number of hydrogen-bond acceptors (Lipinski definition) is 6. The summed E-state index contributed by atoms with van der Waals surface area (Å²) in [5.41, 5.74) is 0.742. The van der Waals surface area contributed by atoms with Crippen LogP contribution in [0, 0.1) is 0 Å². The van der Waals surface area contributed by atoms with E-state index in [-0.39, 0.29) is 25.3 Å². The van der Waals surface area contributed by atoms with Gasteiger partial charge in [-0.25, -0.2) is 0 Å². The Bertz CT molecular complexity index is 489. The first-order chi connectivity index (χ1) is 10.0. The van der Waals surface area contributed by atoms with Gasteiger partial charge in [-0.3, -0.25) is 4.79 Å². The topological polar surface area (TPSA) is 96.9 Å². The molecule has 0 saturated carbocycles. The van der Waals surface area contributed by atoms with E-state index in [1.165, 1.54) is 21.3 Å². The number of amides is 1.